The maximum atomic E-state index is 12.2. The third kappa shape index (κ3) is 1.68. The van der Waals surface area contributed by atoms with Gasteiger partial charge in [0.15, 0.2) is 0 Å². The Morgan fingerprint density at radius 3 is 2.85 bits per heavy atom. The van der Waals surface area contributed by atoms with Crippen molar-refractivity contribution in [3.05, 3.63) is 28.8 Å². The lowest BCUT2D eigenvalue weighted by Gasteiger charge is -2.64. The van der Waals surface area contributed by atoms with Crippen molar-refractivity contribution in [2.45, 2.75) is 81.1 Å². The van der Waals surface area contributed by atoms with Crippen LogP contribution in [0, 0.1) is 12.8 Å². The lowest BCUT2D eigenvalue weighted by Crippen LogP contribution is -2.77. The summed E-state index contributed by atoms with van der Waals surface area (Å²) in [6, 6.07) is 4.57. The number of piperidine rings is 1. The number of hydrogen-bond donors (Lipinski definition) is 2. The number of aliphatic hydroxyl groups is 2. The maximum Gasteiger partial charge on any atom is 0.137 e. The number of likely N-dealkylation sites (tertiary alicyclic amines) is 1. The molecule has 2 bridgehead atoms. The van der Waals surface area contributed by atoms with Gasteiger partial charge in [-0.05, 0) is 69.0 Å². The predicted octanol–water partition coefficient (Wildman–Crippen LogP) is 2.31. The van der Waals surface area contributed by atoms with Gasteiger partial charge in [-0.25, -0.2) is 0 Å². The molecule has 5 aliphatic rings. The highest BCUT2D eigenvalue weighted by Gasteiger charge is 2.72. The van der Waals surface area contributed by atoms with Crippen LogP contribution in [0.15, 0.2) is 12.1 Å². The first kappa shape index (κ1) is 15.9. The van der Waals surface area contributed by atoms with Crippen LogP contribution in [0.5, 0.6) is 5.75 Å². The van der Waals surface area contributed by atoms with Crippen molar-refractivity contribution in [2.75, 3.05) is 13.1 Å². The van der Waals surface area contributed by atoms with Gasteiger partial charge in [0.05, 0.1) is 17.1 Å². The molecule has 2 aliphatic heterocycles. The standard InChI is InChI=1S/C22H29NO3/c1-13-5-6-15-11-17-22(25)8-7-16(24)20-21(22,18(15)19(13)26-20)9-10-23(17)12-14-3-2-4-14/h5-6,14,16-17,20,24-25H,2-4,7-12H2,1H3/t16-,17+,20?,21-,22+/m0/s1. The SMILES string of the molecule is Cc1ccc2c3c1OC1[C@@H](O)CC[C@@]4(O)[C@@H](C2)N(CC2CCC2)CC[C@]314. The van der Waals surface area contributed by atoms with Gasteiger partial charge in [-0.15, -0.1) is 0 Å². The van der Waals surface area contributed by atoms with Crippen molar-refractivity contribution in [1.82, 2.24) is 4.90 Å². The minimum atomic E-state index is -0.773. The zero-order valence-corrected chi connectivity index (χ0v) is 15.6. The molecule has 140 valence electrons. The molecular weight excluding hydrogens is 326 g/mol. The van der Waals surface area contributed by atoms with Crippen molar-refractivity contribution in [2.24, 2.45) is 5.92 Å². The number of rotatable bonds is 2. The van der Waals surface area contributed by atoms with E-state index in [1.54, 1.807) is 0 Å². The van der Waals surface area contributed by atoms with Crippen LogP contribution in [-0.2, 0) is 11.8 Å². The average Bonchev–Trinajstić information content (AvgIpc) is 2.93. The zero-order valence-electron chi connectivity index (χ0n) is 15.6. The normalized spacial score (nSPS) is 43.6. The Labute approximate surface area is 155 Å². The van der Waals surface area contributed by atoms with Crippen LogP contribution in [0.3, 0.4) is 0 Å². The van der Waals surface area contributed by atoms with Gasteiger partial charge in [-0.1, -0.05) is 18.6 Å². The van der Waals surface area contributed by atoms with Gasteiger partial charge >= 0.3 is 0 Å². The Kier molecular flexibility index (Phi) is 3.08. The fourth-order valence-corrected chi connectivity index (χ4v) is 6.98. The molecule has 5 atom stereocenters. The van der Waals surface area contributed by atoms with Crippen molar-refractivity contribution in [1.29, 1.82) is 0 Å². The highest BCUT2D eigenvalue weighted by atomic mass is 16.5. The molecule has 4 heteroatoms. The molecular formula is C22H29NO3. The maximum absolute atomic E-state index is 12.2. The monoisotopic (exact) mass is 355 g/mol. The molecule has 1 unspecified atom stereocenters. The van der Waals surface area contributed by atoms with Gasteiger partial charge in [0.2, 0.25) is 0 Å². The number of hydrogen-bond acceptors (Lipinski definition) is 4. The summed E-state index contributed by atoms with van der Waals surface area (Å²) in [6.07, 6.45) is 6.43. The van der Waals surface area contributed by atoms with Crippen LogP contribution in [0.2, 0.25) is 0 Å². The Morgan fingerprint density at radius 2 is 2.08 bits per heavy atom. The van der Waals surface area contributed by atoms with Gasteiger partial charge in [-0.2, -0.15) is 0 Å². The van der Waals surface area contributed by atoms with Crippen LogP contribution < -0.4 is 4.74 Å². The largest absolute Gasteiger partial charge is 0.486 e. The summed E-state index contributed by atoms with van der Waals surface area (Å²) in [7, 11) is 0. The molecule has 1 spiro atoms. The summed E-state index contributed by atoms with van der Waals surface area (Å²) in [6.45, 7) is 4.24. The molecule has 0 amide bonds. The molecule has 3 aliphatic carbocycles. The smallest absolute Gasteiger partial charge is 0.137 e. The topological polar surface area (TPSA) is 52.9 Å². The molecule has 1 aromatic carbocycles. The average molecular weight is 355 g/mol. The third-order valence-corrected chi connectivity index (χ3v) is 8.48. The van der Waals surface area contributed by atoms with E-state index in [0.717, 1.165) is 43.2 Å². The molecule has 2 saturated carbocycles. The van der Waals surface area contributed by atoms with Gasteiger partial charge in [-0.3, -0.25) is 4.90 Å². The number of aryl methyl sites for hydroxylation is 1. The Balaban J connectivity index is 1.52. The van der Waals surface area contributed by atoms with Crippen molar-refractivity contribution in [3.63, 3.8) is 0 Å². The molecule has 1 aromatic rings. The second-order valence-electron chi connectivity index (χ2n) is 9.55. The first-order valence-corrected chi connectivity index (χ1v) is 10.5. The minimum absolute atomic E-state index is 0.164. The summed E-state index contributed by atoms with van der Waals surface area (Å²) in [4.78, 5) is 2.59. The summed E-state index contributed by atoms with van der Waals surface area (Å²) in [5.74, 6) is 1.77. The number of nitrogens with zero attached hydrogens (tertiary/aromatic N) is 1. The molecule has 4 nitrogen and oxygen atoms in total. The van der Waals surface area contributed by atoms with E-state index in [1.165, 1.54) is 30.4 Å². The molecule has 3 fully saturated rings. The quantitative estimate of drug-likeness (QED) is 0.855. The van der Waals surface area contributed by atoms with Gasteiger partial charge in [0.25, 0.3) is 0 Å². The second-order valence-corrected chi connectivity index (χ2v) is 9.55. The van der Waals surface area contributed by atoms with E-state index in [4.69, 9.17) is 4.74 Å². The van der Waals surface area contributed by atoms with Crippen molar-refractivity contribution >= 4 is 0 Å². The minimum Gasteiger partial charge on any atom is -0.486 e. The van der Waals surface area contributed by atoms with Crippen LogP contribution in [0.25, 0.3) is 0 Å². The molecule has 26 heavy (non-hydrogen) atoms. The van der Waals surface area contributed by atoms with E-state index >= 15 is 0 Å². The van der Waals surface area contributed by atoms with E-state index in [1.807, 2.05) is 0 Å². The van der Waals surface area contributed by atoms with Gasteiger partial charge in [0.1, 0.15) is 11.9 Å². The summed E-state index contributed by atoms with van der Waals surface area (Å²) >= 11 is 0. The Morgan fingerprint density at radius 1 is 1.23 bits per heavy atom. The Hall–Kier alpha value is -1.10. The zero-order chi connectivity index (χ0) is 17.7. The molecule has 6 rings (SSSR count). The van der Waals surface area contributed by atoms with E-state index in [2.05, 4.69) is 24.0 Å². The third-order valence-electron chi connectivity index (χ3n) is 8.48. The molecule has 2 N–H and O–H groups in total. The lowest BCUT2D eigenvalue weighted by molar-refractivity contribution is -0.209. The van der Waals surface area contributed by atoms with Gasteiger partial charge in [0, 0.05) is 18.2 Å². The molecule has 0 radical (unpaired) electrons. The van der Waals surface area contributed by atoms with E-state index in [9.17, 15) is 10.2 Å². The van der Waals surface area contributed by atoms with Crippen LogP contribution in [-0.4, -0.2) is 52.1 Å². The van der Waals surface area contributed by atoms with Crippen LogP contribution >= 0.6 is 0 Å². The second kappa shape index (κ2) is 5.03. The number of benzene rings is 1. The number of aliphatic hydroxyl groups excluding tert-OH is 1. The summed E-state index contributed by atoms with van der Waals surface area (Å²) < 4.78 is 6.41. The summed E-state index contributed by atoms with van der Waals surface area (Å²) in [5.41, 5.74) is 2.53. The van der Waals surface area contributed by atoms with Crippen LogP contribution in [0.1, 0.15) is 55.2 Å². The van der Waals surface area contributed by atoms with E-state index in [-0.39, 0.29) is 12.1 Å². The predicted molar refractivity (Wildman–Crippen MR) is 98.5 cm³/mol. The fourth-order valence-electron chi connectivity index (χ4n) is 6.98. The molecule has 2 heterocycles. The van der Waals surface area contributed by atoms with Crippen molar-refractivity contribution in [3.8, 4) is 5.75 Å². The van der Waals surface area contributed by atoms with Crippen molar-refractivity contribution < 1.29 is 14.9 Å². The van der Waals surface area contributed by atoms with E-state index < -0.39 is 17.1 Å². The van der Waals surface area contributed by atoms with E-state index in [0.29, 0.717) is 12.8 Å². The highest BCUT2D eigenvalue weighted by Crippen LogP contribution is 2.64. The fraction of sp³-hybridized carbons (Fsp3) is 0.727. The molecule has 1 saturated heterocycles. The first-order valence-electron chi connectivity index (χ1n) is 10.5. The lowest BCUT2D eigenvalue weighted by atomic mass is 9.48. The van der Waals surface area contributed by atoms with Crippen LogP contribution in [0.4, 0.5) is 0 Å². The Bertz CT molecular complexity index is 775. The first-order chi connectivity index (χ1) is 12.5. The number of ether oxygens (including phenoxy) is 1. The summed E-state index contributed by atoms with van der Waals surface area (Å²) in [5, 5.41) is 23.0. The van der Waals surface area contributed by atoms with Gasteiger partial charge < -0.3 is 14.9 Å². The highest BCUT2D eigenvalue weighted by molar-refractivity contribution is 5.60. The molecule has 0 aromatic heterocycles.